The number of nitrogen functional groups attached to an aromatic ring is 1. The minimum absolute atomic E-state index is 0.139. The van der Waals surface area contributed by atoms with Gasteiger partial charge in [-0.15, -0.1) is 0 Å². The molecule has 5 nitrogen and oxygen atoms in total. The Morgan fingerprint density at radius 1 is 1.32 bits per heavy atom. The van der Waals surface area contributed by atoms with E-state index in [1.54, 1.807) is 12.1 Å². The van der Waals surface area contributed by atoms with Gasteiger partial charge in [0.05, 0.1) is 19.7 Å². The molecule has 166 valence electrons. The molecule has 1 aliphatic heterocycles. The van der Waals surface area contributed by atoms with Crippen LogP contribution in [0.2, 0.25) is 0 Å². The standard InChI is InChI=1S/C24H28F2N2O3/c1-14-11-19-15(2)20(27)9-8-17(19)23(28(14)13-24(3,25)26)18-7-5-16(6-10-22(29)30)12-21(18)31-4/h5-10,12,14,23H,11,13,27H2,1-4H3,(H,29,30)/b10-6+. The van der Waals surface area contributed by atoms with Crippen LogP contribution in [0.4, 0.5) is 14.5 Å². The summed E-state index contributed by atoms with van der Waals surface area (Å²) in [6.07, 6.45) is 3.14. The van der Waals surface area contributed by atoms with Crippen molar-refractivity contribution in [3.8, 4) is 5.75 Å². The number of carbonyl (C=O) groups is 1. The van der Waals surface area contributed by atoms with Crippen molar-refractivity contribution >= 4 is 17.7 Å². The quantitative estimate of drug-likeness (QED) is 0.514. The fourth-order valence-corrected chi connectivity index (χ4v) is 4.31. The Morgan fingerprint density at radius 2 is 2.00 bits per heavy atom. The molecule has 0 spiro atoms. The first-order valence-electron chi connectivity index (χ1n) is 10.1. The van der Waals surface area contributed by atoms with Gasteiger partial charge in [0.15, 0.2) is 0 Å². The maximum atomic E-state index is 14.2. The highest BCUT2D eigenvalue weighted by molar-refractivity contribution is 5.85. The molecule has 0 aromatic heterocycles. The van der Waals surface area contributed by atoms with Gasteiger partial charge in [0, 0.05) is 30.3 Å². The third-order valence-electron chi connectivity index (χ3n) is 5.80. The molecule has 2 aromatic rings. The zero-order chi connectivity index (χ0) is 22.9. The number of halogens is 2. The smallest absolute Gasteiger partial charge is 0.328 e. The molecule has 31 heavy (non-hydrogen) atoms. The van der Waals surface area contributed by atoms with E-state index in [1.807, 2.05) is 36.9 Å². The molecule has 0 saturated heterocycles. The number of ether oxygens (including phenoxy) is 1. The summed E-state index contributed by atoms with van der Waals surface area (Å²) in [4.78, 5) is 12.7. The largest absolute Gasteiger partial charge is 0.496 e. The zero-order valence-corrected chi connectivity index (χ0v) is 18.2. The molecule has 0 saturated carbocycles. The number of alkyl halides is 2. The number of anilines is 1. The maximum absolute atomic E-state index is 14.2. The first-order chi connectivity index (χ1) is 14.5. The minimum Gasteiger partial charge on any atom is -0.496 e. The van der Waals surface area contributed by atoms with Gasteiger partial charge in [-0.2, -0.15) is 0 Å². The number of hydrogen-bond acceptors (Lipinski definition) is 4. The van der Waals surface area contributed by atoms with E-state index in [9.17, 15) is 13.6 Å². The maximum Gasteiger partial charge on any atom is 0.328 e. The molecule has 1 aliphatic rings. The van der Waals surface area contributed by atoms with Crippen LogP contribution in [0.1, 0.15) is 47.7 Å². The molecule has 2 unspecified atom stereocenters. The molecule has 0 radical (unpaired) electrons. The number of carboxylic acids is 1. The number of nitrogens with two attached hydrogens (primary N) is 1. The van der Waals surface area contributed by atoms with Gasteiger partial charge in [-0.25, -0.2) is 13.6 Å². The van der Waals surface area contributed by atoms with Crippen molar-refractivity contribution in [3.63, 3.8) is 0 Å². The Kier molecular flexibility index (Phi) is 6.36. The first-order valence-corrected chi connectivity index (χ1v) is 10.1. The van der Waals surface area contributed by atoms with Gasteiger partial charge in [0.25, 0.3) is 5.92 Å². The summed E-state index contributed by atoms with van der Waals surface area (Å²) in [5.41, 5.74) is 11.2. The average molecular weight is 430 g/mol. The summed E-state index contributed by atoms with van der Waals surface area (Å²) in [5.74, 6) is -3.41. The Bertz CT molecular complexity index is 1010. The Labute approximate surface area is 181 Å². The number of nitrogens with zero attached hydrogens (tertiary/aromatic N) is 1. The number of hydrogen-bond donors (Lipinski definition) is 2. The van der Waals surface area contributed by atoms with Crippen LogP contribution in [-0.2, 0) is 11.2 Å². The van der Waals surface area contributed by atoms with Gasteiger partial charge >= 0.3 is 5.97 Å². The van der Waals surface area contributed by atoms with Gasteiger partial charge in [-0.3, -0.25) is 4.90 Å². The summed E-state index contributed by atoms with van der Waals surface area (Å²) >= 11 is 0. The van der Waals surface area contributed by atoms with Crippen LogP contribution in [0.5, 0.6) is 5.75 Å². The van der Waals surface area contributed by atoms with Crippen LogP contribution in [0, 0.1) is 6.92 Å². The third-order valence-corrected chi connectivity index (χ3v) is 5.80. The molecule has 0 fully saturated rings. The number of fused-ring (bicyclic) bond motifs is 1. The van der Waals surface area contributed by atoms with Crippen molar-refractivity contribution in [1.82, 2.24) is 4.90 Å². The van der Waals surface area contributed by atoms with Crippen molar-refractivity contribution in [2.45, 2.75) is 45.2 Å². The van der Waals surface area contributed by atoms with E-state index in [2.05, 4.69) is 0 Å². The summed E-state index contributed by atoms with van der Waals surface area (Å²) in [7, 11) is 1.52. The second-order valence-corrected chi connectivity index (χ2v) is 8.22. The van der Waals surface area contributed by atoms with Gasteiger partial charge in [-0.05, 0) is 60.7 Å². The lowest BCUT2D eigenvalue weighted by Gasteiger charge is -2.44. The second kappa shape index (κ2) is 8.67. The minimum atomic E-state index is -2.87. The molecule has 3 N–H and O–H groups in total. The number of rotatable bonds is 6. The van der Waals surface area contributed by atoms with Crippen molar-refractivity contribution in [3.05, 3.63) is 64.2 Å². The molecule has 1 heterocycles. The monoisotopic (exact) mass is 430 g/mol. The molecule has 2 aromatic carbocycles. The Morgan fingerprint density at radius 3 is 2.61 bits per heavy atom. The highest BCUT2D eigenvalue weighted by atomic mass is 19.3. The lowest BCUT2D eigenvalue weighted by Crippen LogP contribution is -2.47. The molecule has 3 rings (SSSR count). The summed E-state index contributed by atoms with van der Waals surface area (Å²) < 4.78 is 33.9. The molecule has 0 bridgehead atoms. The van der Waals surface area contributed by atoms with Gasteiger partial charge in [0.2, 0.25) is 0 Å². The van der Waals surface area contributed by atoms with Crippen LogP contribution in [0.15, 0.2) is 36.4 Å². The highest BCUT2D eigenvalue weighted by Gasteiger charge is 2.39. The lowest BCUT2D eigenvalue weighted by molar-refractivity contribution is -0.131. The third kappa shape index (κ3) is 4.88. The molecule has 7 heteroatoms. The summed E-state index contributed by atoms with van der Waals surface area (Å²) in [6.45, 7) is 4.43. The molecular formula is C24H28F2N2O3. The summed E-state index contributed by atoms with van der Waals surface area (Å²) in [5, 5.41) is 8.88. The molecule has 2 atom stereocenters. The van der Waals surface area contributed by atoms with E-state index >= 15 is 0 Å². The number of methoxy groups -OCH3 is 1. The number of carboxylic acid groups (broad SMARTS) is 1. The SMILES string of the molecule is COc1cc(/C=C/C(=O)O)ccc1C1c2ccc(N)c(C)c2CC(C)N1CC(C)(F)F. The van der Waals surface area contributed by atoms with Crippen molar-refractivity contribution in [2.75, 3.05) is 19.4 Å². The fraction of sp³-hybridized carbons (Fsp3) is 0.375. The van der Waals surface area contributed by atoms with Gasteiger partial charge in [0.1, 0.15) is 5.75 Å². The normalized spacial score (nSPS) is 19.4. The van der Waals surface area contributed by atoms with Crippen LogP contribution in [0.25, 0.3) is 6.08 Å². The predicted octanol–water partition coefficient (Wildman–Crippen LogP) is 4.67. The van der Waals surface area contributed by atoms with E-state index in [1.165, 1.54) is 13.2 Å². The number of benzene rings is 2. The fourth-order valence-electron chi connectivity index (χ4n) is 4.31. The first kappa shape index (κ1) is 22.7. The van der Waals surface area contributed by atoms with Crippen LogP contribution in [0.3, 0.4) is 0 Å². The van der Waals surface area contributed by atoms with E-state index in [0.29, 0.717) is 23.4 Å². The summed E-state index contributed by atoms with van der Waals surface area (Å²) in [6, 6.07) is 8.45. The second-order valence-electron chi connectivity index (χ2n) is 8.22. The van der Waals surface area contributed by atoms with E-state index in [-0.39, 0.29) is 6.04 Å². The van der Waals surface area contributed by atoms with Crippen LogP contribution in [-0.4, -0.2) is 41.6 Å². The molecule has 0 aliphatic carbocycles. The molecular weight excluding hydrogens is 402 g/mol. The number of aliphatic carboxylic acids is 1. The van der Waals surface area contributed by atoms with Crippen LogP contribution >= 0.6 is 0 Å². The highest BCUT2D eigenvalue weighted by Crippen LogP contribution is 2.44. The van der Waals surface area contributed by atoms with E-state index in [0.717, 1.165) is 35.3 Å². The van der Waals surface area contributed by atoms with Crippen LogP contribution < -0.4 is 10.5 Å². The Balaban J connectivity index is 2.19. The van der Waals surface area contributed by atoms with E-state index in [4.69, 9.17) is 15.6 Å². The molecule has 0 amide bonds. The van der Waals surface area contributed by atoms with Gasteiger partial charge < -0.3 is 15.6 Å². The van der Waals surface area contributed by atoms with Crippen molar-refractivity contribution in [1.29, 1.82) is 0 Å². The zero-order valence-electron chi connectivity index (χ0n) is 18.2. The van der Waals surface area contributed by atoms with Crippen molar-refractivity contribution < 1.29 is 23.4 Å². The van der Waals surface area contributed by atoms with Crippen molar-refractivity contribution in [2.24, 2.45) is 0 Å². The Hall–Kier alpha value is -2.93. The predicted molar refractivity (Wildman–Crippen MR) is 118 cm³/mol. The topological polar surface area (TPSA) is 75.8 Å². The lowest BCUT2D eigenvalue weighted by atomic mass is 9.82. The van der Waals surface area contributed by atoms with E-state index < -0.39 is 24.5 Å². The van der Waals surface area contributed by atoms with Gasteiger partial charge in [-0.1, -0.05) is 18.2 Å². The average Bonchev–Trinajstić information content (AvgIpc) is 2.69.